The number of hydrogen-bond acceptors (Lipinski definition) is 0. The van der Waals surface area contributed by atoms with E-state index in [2.05, 4.69) is 0 Å². The Bertz CT molecular complexity index is 240. The number of alkyl halides is 1. The van der Waals surface area contributed by atoms with Crippen LogP contribution >= 0.6 is 23.2 Å². The van der Waals surface area contributed by atoms with Crippen LogP contribution in [0.5, 0.6) is 0 Å². The molecule has 0 fully saturated rings. The van der Waals surface area contributed by atoms with E-state index >= 15 is 0 Å². The van der Waals surface area contributed by atoms with Gasteiger partial charge in [0, 0.05) is 10.9 Å². The Balaban J connectivity index is 2.72. The van der Waals surface area contributed by atoms with Gasteiger partial charge in [0.25, 0.3) is 0 Å². The van der Waals surface area contributed by atoms with E-state index in [1.54, 1.807) is 6.07 Å². The molecular weight excluding hydrogens is 198 g/mol. The number of halogens is 3. The van der Waals surface area contributed by atoms with Crippen LogP contribution < -0.4 is 0 Å². The summed E-state index contributed by atoms with van der Waals surface area (Å²) in [6.45, 7) is 0. The van der Waals surface area contributed by atoms with Crippen molar-refractivity contribution >= 4 is 23.2 Å². The second kappa shape index (κ2) is 4.68. The Morgan fingerprint density at radius 1 is 1.33 bits per heavy atom. The molecule has 0 aliphatic heterocycles. The van der Waals surface area contributed by atoms with E-state index in [0.717, 1.165) is 12.0 Å². The predicted molar refractivity (Wildman–Crippen MR) is 50.1 cm³/mol. The summed E-state index contributed by atoms with van der Waals surface area (Å²) in [5.41, 5.74) is 0.778. The molecule has 0 aliphatic carbocycles. The van der Waals surface area contributed by atoms with Gasteiger partial charge in [0.15, 0.2) is 0 Å². The second-order valence-corrected chi connectivity index (χ2v) is 3.20. The molecule has 1 aromatic carbocycles. The molecule has 0 unspecified atom stereocenters. The molecule has 0 saturated heterocycles. The molecule has 0 heterocycles. The average Bonchev–Trinajstić information content (AvgIpc) is 1.99. The Hall–Kier alpha value is -0.270. The van der Waals surface area contributed by atoms with Crippen molar-refractivity contribution in [3.8, 4) is 0 Å². The number of rotatable bonds is 3. The third-order valence-corrected chi connectivity index (χ3v) is 1.81. The van der Waals surface area contributed by atoms with Crippen LogP contribution in [0.4, 0.5) is 4.39 Å². The lowest BCUT2D eigenvalue weighted by molar-refractivity contribution is 0.627. The summed E-state index contributed by atoms with van der Waals surface area (Å²) in [5.74, 6) is 0.219. The van der Waals surface area contributed by atoms with Gasteiger partial charge in [-0.3, -0.25) is 0 Å². The van der Waals surface area contributed by atoms with Crippen LogP contribution in [-0.4, -0.2) is 5.88 Å². The first-order valence-corrected chi connectivity index (χ1v) is 4.49. The van der Waals surface area contributed by atoms with Crippen molar-refractivity contribution in [3.05, 3.63) is 41.0 Å². The van der Waals surface area contributed by atoms with Gasteiger partial charge in [-0.15, -0.1) is 11.6 Å². The molecule has 0 atom stereocenters. The standard InChI is InChI=1S/C9H8Cl2F/c10-3-1-2-7-4-8(11)6-9(12)5-7/h2,4-6H,1,3H2. The SMILES string of the molecule is Fc1cc(Cl)cc([CH]CCCl)c1. The lowest BCUT2D eigenvalue weighted by atomic mass is 10.1. The molecule has 0 saturated carbocycles. The molecule has 0 aromatic heterocycles. The van der Waals surface area contributed by atoms with Gasteiger partial charge in [-0.2, -0.15) is 0 Å². The molecule has 0 N–H and O–H groups in total. The van der Waals surface area contributed by atoms with Crippen LogP contribution in [0, 0.1) is 12.2 Å². The molecule has 65 valence electrons. The third kappa shape index (κ3) is 3.00. The summed E-state index contributed by atoms with van der Waals surface area (Å²) in [7, 11) is 0. The van der Waals surface area contributed by atoms with Crippen molar-refractivity contribution in [1.82, 2.24) is 0 Å². The normalized spacial score (nSPS) is 10.2. The summed E-state index contributed by atoms with van der Waals surface area (Å²) in [6, 6.07) is 4.41. The van der Waals surface area contributed by atoms with Crippen molar-refractivity contribution in [3.63, 3.8) is 0 Å². The van der Waals surface area contributed by atoms with Crippen LogP contribution in [0.25, 0.3) is 0 Å². The fraction of sp³-hybridized carbons (Fsp3) is 0.222. The summed E-state index contributed by atoms with van der Waals surface area (Å²) >= 11 is 11.1. The van der Waals surface area contributed by atoms with Gasteiger partial charge in [0.1, 0.15) is 5.82 Å². The van der Waals surface area contributed by atoms with Crippen LogP contribution in [-0.2, 0) is 0 Å². The fourth-order valence-electron chi connectivity index (χ4n) is 0.914. The Labute approximate surface area is 81.3 Å². The van der Waals surface area contributed by atoms with Crippen LogP contribution in [0.3, 0.4) is 0 Å². The first-order valence-electron chi connectivity index (χ1n) is 3.57. The molecule has 1 radical (unpaired) electrons. The first-order chi connectivity index (χ1) is 5.72. The summed E-state index contributed by atoms with van der Waals surface area (Å²) in [6.07, 6.45) is 2.57. The van der Waals surface area contributed by atoms with E-state index in [1.807, 2.05) is 6.42 Å². The third-order valence-electron chi connectivity index (χ3n) is 1.37. The van der Waals surface area contributed by atoms with Gasteiger partial charge < -0.3 is 0 Å². The van der Waals surface area contributed by atoms with Crippen LogP contribution in [0.15, 0.2) is 18.2 Å². The molecule has 1 rings (SSSR count). The quantitative estimate of drug-likeness (QED) is 0.662. The van der Waals surface area contributed by atoms with E-state index in [4.69, 9.17) is 23.2 Å². The predicted octanol–water partition coefficient (Wildman–Crippen LogP) is 3.66. The number of benzene rings is 1. The molecule has 12 heavy (non-hydrogen) atoms. The lowest BCUT2D eigenvalue weighted by Gasteiger charge is -1.99. The van der Waals surface area contributed by atoms with Crippen molar-refractivity contribution in [2.75, 3.05) is 5.88 Å². The monoisotopic (exact) mass is 205 g/mol. The van der Waals surface area contributed by atoms with Crippen molar-refractivity contribution < 1.29 is 4.39 Å². The van der Waals surface area contributed by atoms with Gasteiger partial charge in [-0.05, 0) is 36.6 Å². The maximum Gasteiger partial charge on any atom is 0.124 e. The highest BCUT2D eigenvalue weighted by molar-refractivity contribution is 6.30. The van der Waals surface area contributed by atoms with Crippen molar-refractivity contribution in [1.29, 1.82) is 0 Å². The van der Waals surface area contributed by atoms with E-state index < -0.39 is 0 Å². The minimum absolute atomic E-state index is 0.316. The minimum Gasteiger partial charge on any atom is -0.207 e. The molecule has 0 aliphatic rings. The minimum atomic E-state index is -0.316. The smallest absolute Gasteiger partial charge is 0.124 e. The fourth-order valence-corrected chi connectivity index (χ4v) is 1.25. The summed E-state index contributed by atoms with van der Waals surface area (Å²) in [4.78, 5) is 0. The summed E-state index contributed by atoms with van der Waals surface area (Å²) < 4.78 is 12.7. The zero-order chi connectivity index (χ0) is 8.97. The average molecular weight is 206 g/mol. The molecule has 1 aromatic rings. The Kier molecular flexibility index (Phi) is 3.83. The lowest BCUT2D eigenvalue weighted by Crippen LogP contribution is -1.85. The van der Waals surface area contributed by atoms with Crippen molar-refractivity contribution in [2.45, 2.75) is 6.42 Å². The topological polar surface area (TPSA) is 0 Å². The van der Waals surface area contributed by atoms with Crippen molar-refractivity contribution in [2.24, 2.45) is 0 Å². The first kappa shape index (κ1) is 9.82. The molecule has 0 nitrogen and oxygen atoms in total. The molecular formula is C9H8Cl2F. The summed E-state index contributed by atoms with van der Waals surface area (Å²) in [5, 5.41) is 0.413. The molecule has 0 amide bonds. The Morgan fingerprint density at radius 3 is 2.67 bits per heavy atom. The van der Waals surface area contributed by atoms with Gasteiger partial charge in [-0.25, -0.2) is 4.39 Å². The maximum absolute atomic E-state index is 12.7. The number of hydrogen-bond donors (Lipinski definition) is 0. The van der Waals surface area contributed by atoms with E-state index in [1.165, 1.54) is 12.1 Å². The van der Waals surface area contributed by atoms with E-state index in [0.29, 0.717) is 10.9 Å². The zero-order valence-electron chi connectivity index (χ0n) is 6.36. The van der Waals surface area contributed by atoms with Gasteiger partial charge in [0.2, 0.25) is 0 Å². The molecule has 0 spiro atoms. The molecule has 3 heteroatoms. The van der Waals surface area contributed by atoms with E-state index in [-0.39, 0.29) is 5.82 Å². The van der Waals surface area contributed by atoms with Gasteiger partial charge >= 0.3 is 0 Å². The Morgan fingerprint density at radius 2 is 2.08 bits per heavy atom. The van der Waals surface area contributed by atoms with Gasteiger partial charge in [0.05, 0.1) is 0 Å². The highest BCUT2D eigenvalue weighted by Crippen LogP contribution is 2.16. The maximum atomic E-state index is 12.7. The highest BCUT2D eigenvalue weighted by Gasteiger charge is 1.98. The zero-order valence-corrected chi connectivity index (χ0v) is 7.87. The molecule has 0 bridgehead atoms. The van der Waals surface area contributed by atoms with Gasteiger partial charge in [-0.1, -0.05) is 11.6 Å². The van der Waals surface area contributed by atoms with E-state index in [9.17, 15) is 4.39 Å². The largest absolute Gasteiger partial charge is 0.207 e. The highest BCUT2D eigenvalue weighted by atomic mass is 35.5. The van der Waals surface area contributed by atoms with Crippen LogP contribution in [0.2, 0.25) is 5.02 Å². The second-order valence-electron chi connectivity index (χ2n) is 2.38. The van der Waals surface area contributed by atoms with Crippen LogP contribution in [0.1, 0.15) is 12.0 Å².